The van der Waals surface area contributed by atoms with E-state index in [0.29, 0.717) is 10.0 Å². The van der Waals surface area contributed by atoms with Crippen LogP contribution < -0.4 is 16.1 Å². The highest BCUT2D eigenvalue weighted by Gasteiger charge is 2.18. The van der Waals surface area contributed by atoms with Gasteiger partial charge in [-0.25, -0.2) is 4.98 Å². The third-order valence-electron chi connectivity index (χ3n) is 3.79. The molecule has 24 heavy (non-hydrogen) atoms. The van der Waals surface area contributed by atoms with Gasteiger partial charge in [-0.2, -0.15) is 5.10 Å². The number of thiocarbonyl (C=S) groups is 1. The number of nitrogens with zero attached hydrogens (tertiary/aromatic N) is 4. The van der Waals surface area contributed by atoms with Crippen molar-refractivity contribution in [3.8, 4) is 0 Å². The Kier molecular flexibility index (Phi) is 5.27. The summed E-state index contributed by atoms with van der Waals surface area (Å²) in [7, 11) is 0. The van der Waals surface area contributed by atoms with Crippen LogP contribution in [0.1, 0.15) is 16.8 Å². The minimum atomic E-state index is 0.262. The summed E-state index contributed by atoms with van der Waals surface area (Å²) >= 11 is 6.43. The zero-order chi connectivity index (χ0) is 16.9. The molecule has 0 unspecified atom stereocenters. The van der Waals surface area contributed by atoms with E-state index in [1.54, 1.807) is 12.4 Å². The molecule has 1 aliphatic heterocycles. The standard InChI is InChI=1S/C16H18N6S2/c1-24-16(23)21-20-15(17)13-8-18-9-14(19-13)22-7-6-11-4-2-3-5-12(11)10-22/h2-5,8-9H,6-7,10H2,1H3,(H2,17,20)(H,21,23). The average molecular weight is 358 g/mol. The van der Waals surface area contributed by atoms with Gasteiger partial charge in [0.2, 0.25) is 0 Å². The summed E-state index contributed by atoms with van der Waals surface area (Å²) in [5, 5.41) is 4.05. The van der Waals surface area contributed by atoms with Crippen LogP contribution in [0, 0.1) is 0 Å². The summed E-state index contributed by atoms with van der Waals surface area (Å²) in [5.41, 5.74) is 11.9. The molecule has 124 valence electrons. The van der Waals surface area contributed by atoms with E-state index in [0.717, 1.165) is 25.3 Å². The Morgan fingerprint density at radius 2 is 2.12 bits per heavy atom. The fraction of sp³-hybridized carbons (Fsp3) is 0.250. The Bertz CT molecular complexity index is 777. The van der Waals surface area contributed by atoms with Crippen molar-refractivity contribution in [2.75, 3.05) is 17.7 Å². The summed E-state index contributed by atoms with van der Waals surface area (Å²) < 4.78 is 0.551. The number of thioether (sulfide) groups is 1. The number of aromatic nitrogens is 2. The first kappa shape index (κ1) is 16.7. The second kappa shape index (κ2) is 7.59. The van der Waals surface area contributed by atoms with E-state index in [9.17, 15) is 0 Å². The van der Waals surface area contributed by atoms with Crippen molar-refractivity contribution in [1.82, 2.24) is 15.4 Å². The Balaban J connectivity index is 1.78. The molecule has 0 atom stereocenters. The van der Waals surface area contributed by atoms with Crippen molar-refractivity contribution in [3.05, 3.63) is 53.5 Å². The number of hydrogen-bond donors (Lipinski definition) is 2. The fourth-order valence-corrected chi connectivity index (χ4v) is 2.71. The lowest BCUT2D eigenvalue weighted by atomic mass is 10.00. The molecule has 1 aliphatic rings. The normalized spacial score (nSPS) is 14.2. The monoisotopic (exact) mass is 358 g/mol. The van der Waals surface area contributed by atoms with Crippen molar-refractivity contribution in [3.63, 3.8) is 0 Å². The van der Waals surface area contributed by atoms with E-state index < -0.39 is 0 Å². The smallest absolute Gasteiger partial charge is 0.171 e. The van der Waals surface area contributed by atoms with E-state index in [2.05, 4.69) is 49.7 Å². The minimum Gasteiger partial charge on any atom is -0.380 e. The van der Waals surface area contributed by atoms with Gasteiger partial charge in [0.05, 0.1) is 12.4 Å². The molecule has 0 spiro atoms. The van der Waals surface area contributed by atoms with Crippen molar-refractivity contribution >= 4 is 40.0 Å². The lowest BCUT2D eigenvalue weighted by Gasteiger charge is -2.29. The molecule has 0 aliphatic carbocycles. The second-order valence-corrected chi connectivity index (χ2v) is 6.79. The first-order valence-electron chi connectivity index (χ1n) is 7.48. The van der Waals surface area contributed by atoms with Gasteiger partial charge in [0, 0.05) is 13.1 Å². The number of anilines is 1. The van der Waals surface area contributed by atoms with Crippen LogP contribution in [0.3, 0.4) is 0 Å². The molecule has 3 N–H and O–H groups in total. The highest BCUT2D eigenvalue weighted by molar-refractivity contribution is 8.22. The zero-order valence-corrected chi connectivity index (χ0v) is 14.9. The molecule has 3 rings (SSSR count). The number of nitrogens with two attached hydrogens (primary N) is 1. The summed E-state index contributed by atoms with van der Waals surface area (Å²) in [6.07, 6.45) is 6.22. The fourth-order valence-electron chi connectivity index (χ4n) is 2.53. The lowest BCUT2D eigenvalue weighted by molar-refractivity contribution is 0.718. The Morgan fingerprint density at radius 3 is 2.92 bits per heavy atom. The van der Waals surface area contributed by atoms with Crippen LogP contribution in [0.25, 0.3) is 0 Å². The van der Waals surface area contributed by atoms with Crippen LogP contribution in [0.2, 0.25) is 0 Å². The largest absolute Gasteiger partial charge is 0.380 e. The predicted octanol–water partition coefficient (Wildman–Crippen LogP) is 1.90. The summed E-state index contributed by atoms with van der Waals surface area (Å²) in [4.78, 5) is 11.0. The number of rotatable bonds is 3. The highest BCUT2D eigenvalue weighted by atomic mass is 32.2. The van der Waals surface area contributed by atoms with Crippen molar-refractivity contribution in [1.29, 1.82) is 0 Å². The van der Waals surface area contributed by atoms with Crippen LogP contribution in [0.4, 0.5) is 5.82 Å². The Labute approximate surface area is 150 Å². The third-order valence-corrected chi connectivity index (χ3v) is 4.85. The highest BCUT2D eigenvalue weighted by Crippen LogP contribution is 2.22. The minimum absolute atomic E-state index is 0.262. The quantitative estimate of drug-likeness (QED) is 0.375. The Hall–Kier alpha value is -2.19. The molecule has 6 nitrogen and oxygen atoms in total. The molecular formula is C16H18N6S2. The average Bonchev–Trinajstić information content (AvgIpc) is 2.65. The van der Waals surface area contributed by atoms with Crippen LogP contribution >= 0.6 is 24.0 Å². The maximum atomic E-state index is 5.97. The van der Waals surface area contributed by atoms with Gasteiger partial charge in [-0.3, -0.25) is 10.4 Å². The number of hydrazone groups is 1. The maximum Gasteiger partial charge on any atom is 0.171 e. The van der Waals surface area contributed by atoms with Gasteiger partial charge in [-0.15, -0.1) is 0 Å². The number of nitrogens with one attached hydrogen (secondary N) is 1. The molecule has 0 saturated carbocycles. The number of benzene rings is 1. The van der Waals surface area contributed by atoms with Gasteiger partial charge >= 0.3 is 0 Å². The van der Waals surface area contributed by atoms with Gasteiger partial charge in [0.1, 0.15) is 11.5 Å². The van der Waals surface area contributed by atoms with E-state index in [4.69, 9.17) is 18.0 Å². The number of fused-ring (bicyclic) bond motifs is 1. The molecule has 2 heterocycles. The molecule has 0 fully saturated rings. The van der Waals surface area contributed by atoms with Crippen molar-refractivity contribution in [2.24, 2.45) is 10.8 Å². The molecule has 0 radical (unpaired) electrons. The zero-order valence-electron chi connectivity index (χ0n) is 13.3. The third kappa shape index (κ3) is 3.82. The van der Waals surface area contributed by atoms with E-state index >= 15 is 0 Å². The molecule has 0 saturated heterocycles. The number of amidine groups is 1. The molecule has 0 amide bonds. The molecule has 1 aromatic carbocycles. The second-order valence-electron chi connectivity index (χ2n) is 5.30. The van der Waals surface area contributed by atoms with Crippen LogP contribution in [0.5, 0.6) is 0 Å². The number of hydrogen-bond acceptors (Lipinski definition) is 6. The first-order chi connectivity index (χ1) is 11.7. The predicted molar refractivity (Wildman–Crippen MR) is 103 cm³/mol. The topological polar surface area (TPSA) is 79.4 Å². The van der Waals surface area contributed by atoms with E-state index in [1.807, 2.05) is 6.26 Å². The SMILES string of the molecule is CSC(=S)N/N=C(/N)c1cncc(N2CCc3ccccc3C2)n1. The van der Waals surface area contributed by atoms with Gasteiger partial charge in [-0.1, -0.05) is 48.2 Å². The molecule has 1 aromatic heterocycles. The lowest BCUT2D eigenvalue weighted by Crippen LogP contribution is -2.32. The summed E-state index contributed by atoms with van der Waals surface area (Å²) in [6.45, 7) is 1.72. The van der Waals surface area contributed by atoms with Crippen LogP contribution in [-0.2, 0) is 13.0 Å². The molecule has 8 heteroatoms. The first-order valence-corrected chi connectivity index (χ1v) is 9.12. The van der Waals surface area contributed by atoms with Crippen molar-refractivity contribution < 1.29 is 0 Å². The van der Waals surface area contributed by atoms with E-state index in [1.165, 1.54) is 22.9 Å². The van der Waals surface area contributed by atoms with Crippen LogP contribution in [-0.4, -0.2) is 32.9 Å². The van der Waals surface area contributed by atoms with Crippen LogP contribution in [0.15, 0.2) is 41.8 Å². The molecule has 0 bridgehead atoms. The summed E-state index contributed by atoms with van der Waals surface area (Å²) in [5.74, 6) is 1.06. The van der Waals surface area contributed by atoms with Gasteiger partial charge in [-0.05, 0) is 23.8 Å². The van der Waals surface area contributed by atoms with E-state index in [-0.39, 0.29) is 5.84 Å². The van der Waals surface area contributed by atoms with Gasteiger partial charge in [0.15, 0.2) is 10.2 Å². The maximum absolute atomic E-state index is 5.97. The molecular weight excluding hydrogens is 340 g/mol. The summed E-state index contributed by atoms with van der Waals surface area (Å²) in [6, 6.07) is 8.48. The van der Waals surface area contributed by atoms with Gasteiger partial charge < -0.3 is 10.6 Å². The molecule has 2 aromatic rings. The van der Waals surface area contributed by atoms with Gasteiger partial charge in [0.25, 0.3) is 0 Å². The Morgan fingerprint density at radius 1 is 1.33 bits per heavy atom. The van der Waals surface area contributed by atoms with Crippen molar-refractivity contribution in [2.45, 2.75) is 13.0 Å².